The summed E-state index contributed by atoms with van der Waals surface area (Å²) in [4.78, 5) is 0. The van der Waals surface area contributed by atoms with Crippen molar-refractivity contribution < 1.29 is 0 Å². The van der Waals surface area contributed by atoms with Gasteiger partial charge in [0.05, 0.1) is 0 Å². The van der Waals surface area contributed by atoms with Gasteiger partial charge in [-0.3, -0.25) is 0 Å². The Kier molecular flexibility index (Phi) is 3.16. The second kappa shape index (κ2) is 3.78. The lowest BCUT2D eigenvalue weighted by atomic mass is 9.70. The molecule has 0 aromatic carbocycles. The van der Waals surface area contributed by atoms with Gasteiger partial charge in [-0.2, -0.15) is 0 Å². The van der Waals surface area contributed by atoms with Crippen molar-refractivity contribution in [1.82, 2.24) is 0 Å². The van der Waals surface area contributed by atoms with Gasteiger partial charge < -0.3 is 5.73 Å². The third-order valence-corrected chi connectivity index (χ3v) is 3.56. The maximum atomic E-state index is 5.67. The molecule has 0 heterocycles. The van der Waals surface area contributed by atoms with Gasteiger partial charge in [-0.25, -0.2) is 0 Å². The molecule has 1 aliphatic rings. The van der Waals surface area contributed by atoms with Gasteiger partial charge in [0.2, 0.25) is 0 Å². The lowest BCUT2D eigenvalue weighted by Gasteiger charge is -2.36. The highest BCUT2D eigenvalue weighted by Crippen LogP contribution is 2.40. The van der Waals surface area contributed by atoms with Crippen LogP contribution in [0.3, 0.4) is 0 Å². The maximum absolute atomic E-state index is 5.67. The van der Waals surface area contributed by atoms with Crippen molar-refractivity contribution in [3.05, 3.63) is 0 Å². The Morgan fingerprint density at radius 1 is 1.33 bits per heavy atom. The Bertz CT molecular complexity index is 130. The van der Waals surface area contributed by atoms with Gasteiger partial charge in [0.1, 0.15) is 0 Å². The molecule has 72 valence electrons. The fourth-order valence-electron chi connectivity index (χ4n) is 2.18. The molecule has 0 saturated heterocycles. The van der Waals surface area contributed by atoms with Gasteiger partial charge in [0.15, 0.2) is 0 Å². The van der Waals surface area contributed by atoms with Crippen LogP contribution >= 0.6 is 0 Å². The summed E-state index contributed by atoms with van der Waals surface area (Å²) < 4.78 is 0. The molecular formula is C11H23N. The Labute approximate surface area is 76.7 Å². The molecule has 0 amide bonds. The highest BCUT2D eigenvalue weighted by Gasteiger charge is 2.28. The van der Waals surface area contributed by atoms with Crippen molar-refractivity contribution in [3.8, 4) is 0 Å². The molecular weight excluding hydrogens is 146 g/mol. The molecule has 1 fully saturated rings. The first kappa shape index (κ1) is 10.0. The van der Waals surface area contributed by atoms with Crippen LogP contribution in [0, 0.1) is 17.3 Å². The fraction of sp³-hybridized carbons (Fsp3) is 1.00. The minimum Gasteiger partial charge on any atom is -0.330 e. The molecule has 0 aromatic rings. The first-order chi connectivity index (χ1) is 5.55. The standard InChI is InChI=1S/C11H23N/c1-9(8-12)10-4-6-11(2,3)7-5-10/h9-10H,4-8,12H2,1-3H3. The molecule has 1 nitrogen and oxygen atoms in total. The molecule has 0 aliphatic heterocycles. The van der Waals surface area contributed by atoms with Gasteiger partial charge >= 0.3 is 0 Å². The van der Waals surface area contributed by atoms with Gasteiger partial charge in [-0.05, 0) is 49.5 Å². The molecule has 0 radical (unpaired) electrons. The van der Waals surface area contributed by atoms with Crippen LogP contribution < -0.4 is 5.73 Å². The lowest BCUT2D eigenvalue weighted by molar-refractivity contribution is 0.157. The van der Waals surface area contributed by atoms with E-state index in [1.165, 1.54) is 25.7 Å². The van der Waals surface area contributed by atoms with Gasteiger partial charge in [-0.15, -0.1) is 0 Å². The highest BCUT2D eigenvalue weighted by molar-refractivity contribution is 4.80. The van der Waals surface area contributed by atoms with Crippen LogP contribution in [0.4, 0.5) is 0 Å². The summed E-state index contributed by atoms with van der Waals surface area (Å²) in [5.74, 6) is 1.64. The normalized spacial score (nSPS) is 27.0. The Hall–Kier alpha value is -0.0400. The summed E-state index contributed by atoms with van der Waals surface area (Å²) in [6.07, 6.45) is 5.57. The average Bonchev–Trinajstić information content (AvgIpc) is 2.03. The first-order valence-electron chi connectivity index (χ1n) is 5.25. The third kappa shape index (κ3) is 2.48. The molecule has 1 aliphatic carbocycles. The number of hydrogen-bond acceptors (Lipinski definition) is 1. The van der Waals surface area contributed by atoms with E-state index in [1.807, 2.05) is 0 Å². The van der Waals surface area contributed by atoms with E-state index in [9.17, 15) is 0 Å². The second-order valence-corrected chi connectivity index (χ2v) is 5.21. The fourth-order valence-corrected chi connectivity index (χ4v) is 2.18. The predicted molar refractivity (Wildman–Crippen MR) is 54.0 cm³/mol. The van der Waals surface area contributed by atoms with E-state index < -0.39 is 0 Å². The minimum atomic E-state index is 0.602. The molecule has 12 heavy (non-hydrogen) atoms. The highest BCUT2D eigenvalue weighted by atomic mass is 14.6. The Balaban J connectivity index is 2.36. The Morgan fingerprint density at radius 2 is 1.83 bits per heavy atom. The summed E-state index contributed by atoms with van der Waals surface area (Å²) >= 11 is 0. The lowest BCUT2D eigenvalue weighted by Crippen LogP contribution is -2.28. The number of nitrogens with two attached hydrogens (primary N) is 1. The smallest absolute Gasteiger partial charge is 0.00489 e. The van der Waals surface area contributed by atoms with Crippen LogP contribution in [-0.2, 0) is 0 Å². The zero-order valence-corrected chi connectivity index (χ0v) is 8.77. The number of hydrogen-bond donors (Lipinski definition) is 1. The largest absolute Gasteiger partial charge is 0.330 e. The summed E-state index contributed by atoms with van der Waals surface area (Å²) in [7, 11) is 0. The van der Waals surface area contributed by atoms with Crippen LogP contribution in [-0.4, -0.2) is 6.54 Å². The molecule has 1 atom stereocenters. The van der Waals surface area contributed by atoms with E-state index in [0.717, 1.165) is 18.4 Å². The first-order valence-corrected chi connectivity index (χ1v) is 5.25. The average molecular weight is 169 g/mol. The summed E-state index contributed by atoms with van der Waals surface area (Å²) in [6, 6.07) is 0. The van der Waals surface area contributed by atoms with Crippen LogP contribution in [0.2, 0.25) is 0 Å². The van der Waals surface area contributed by atoms with Gasteiger partial charge in [-0.1, -0.05) is 20.8 Å². The zero-order valence-electron chi connectivity index (χ0n) is 8.77. The minimum absolute atomic E-state index is 0.602. The molecule has 1 rings (SSSR count). The summed E-state index contributed by atoms with van der Waals surface area (Å²) in [5.41, 5.74) is 6.27. The van der Waals surface area contributed by atoms with E-state index in [0.29, 0.717) is 5.41 Å². The van der Waals surface area contributed by atoms with Crippen LogP contribution in [0.5, 0.6) is 0 Å². The van der Waals surface area contributed by atoms with Crippen molar-refractivity contribution in [2.24, 2.45) is 23.0 Å². The van der Waals surface area contributed by atoms with Crippen LogP contribution in [0.1, 0.15) is 46.5 Å². The van der Waals surface area contributed by atoms with E-state index >= 15 is 0 Å². The van der Waals surface area contributed by atoms with Crippen molar-refractivity contribution in [1.29, 1.82) is 0 Å². The van der Waals surface area contributed by atoms with Crippen LogP contribution in [0.25, 0.3) is 0 Å². The monoisotopic (exact) mass is 169 g/mol. The van der Waals surface area contributed by atoms with E-state index in [2.05, 4.69) is 20.8 Å². The Morgan fingerprint density at radius 3 is 2.25 bits per heavy atom. The van der Waals surface area contributed by atoms with E-state index in [4.69, 9.17) is 5.73 Å². The van der Waals surface area contributed by atoms with Crippen molar-refractivity contribution in [3.63, 3.8) is 0 Å². The van der Waals surface area contributed by atoms with Crippen molar-refractivity contribution >= 4 is 0 Å². The van der Waals surface area contributed by atoms with Crippen LogP contribution in [0.15, 0.2) is 0 Å². The van der Waals surface area contributed by atoms with Crippen molar-refractivity contribution in [2.75, 3.05) is 6.54 Å². The third-order valence-electron chi connectivity index (χ3n) is 3.56. The molecule has 1 heteroatoms. The molecule has 1 saturated carbocycles. The SMILES string of the molecule is CC(CN)C1CCC(C)(C)CC1. The quantitative estimate of drug-likeness (QED) is 0.676. The summed E-state index contributed by atoms with van der Waals surface area (Å²) in [6.45, 7) is 7.93. The van der Waals surface area contributed by atoms with E-state index in [1.54, 1.807) is 0 Å². The molecule has 2 N–H and O–H groups in total. The zero-order chi connectivity index (χ0) is 9.19. The van der Waals surface area contributed by atoms with Gasteiger partial charge in [0, 0.05) is 0 Å². The topological polar surface area (TPSA) is 26.0 Å². The van der Waals surface area contributed by atoms with Crippen molar-refractivity contribution in [2.45, 2.75) is 46.5 Å². The maximum Gasteiger partial charge on any atom is -0.00489 e. The molecule has 0 spiro atoms. The molecule has 0 bridgehead atoms. The number of rotatable bonds is 2. The molecule has 1 unspecified atom stereocenters. The summed E-state index contributed by atoms with van der Waals surface area (Å²) in [5, 5.41) is 0. The second-order valence-electron chi connectivity index (χ2n) is 5.21. The van der Waals surface area contributed by atoms with Gasteiger partial charge in [0.25, 0.3) is 0 Å². The van der Waals surface area contributed by atoms with E-state index in [-0.39, 0.29) is 0 Å². The predicted octanol–water partition coefficient (Wildman–Crippen LogP) is 2.80. The molecule has 0 aromatic heterocycles.